The van der Waals surface area contributed by atoms with E-state index in [0.717, 1.165) is 43.1 Å². The van der Waals surface area contributed by atoms with Crippen LogP contribution >= 0.6 is 11.6 Å². The molecular weight excluding hydrogens is 262 g/mol. The average Bonchev–Trinajstić information content (AvgIpc) is 2.45. The highest BCUT2D eigenvalue weighted by molar-refractivity contribution is 6.30. The summed E-state index contributed by atoms with van der Waals surface area (Å²) in [5, 5.41) is 4.14. The van der Waals surface area contributed by atoms with E-state index in [1.54, 1.807) is 7.11 Å². The first-order valence-electron chi connectivity index (χ1n) is 6.66. The van der Waals surface area contributed by atoms with Gasteiger partial charge in [-0.3, -0.25) is 0 Å². The Labute approximate surface area is 119 Å². The molecule has 1 N–H and O–H groups in total. The molecule has 0 aliphatic carbocycles. The third-order valence-corrected chi connectivity index (χ3v) is 3.39. The van der Waals surface area contributed by atoms with Crippen molar-refractivity contribution in [3.05, 3.63) is 40.6 Å². The highest BCUT2D eigenvalue weighted by atomic mass is 35.5. The molecule has 1 aliphatic heterocycles. The minimum absolute atomic E-state index is 0.000972. The van der Waals surface area contributed by atoms with Gasteiger partial charge < -0.3 is 14.8 Å². The minimum atomic E-state index is -0.000972. The van der Waals surface area contributed by atoms with E-state index in [2.05, 4.69) is 18.3 Å². The molecule has 1 unspecified atom stereocenters. The van der Waals surface area contributed by atoms with Crippen LogP contribution in [-0.4, -0.2) is 20.3 Å². The predicted molar refractivity (Wildman–Crippen MR) is 77.7 cm³/mol. The molecule has 4 heteroatoms. The van der Waals surface area contributed by atoms with Crippen LogP contribution in [0.5, 0.6) is 5.75 Å². The van der Waals surface area contributed by atoms with Crippen molar-refractivity contribution in [1.29, 1.82) is 0 Å². The molecule has 0 saturated heterocycles. The molecule has 0 saturated carbocycles. The van der Waals surface area contributed by atoms with Crippen LogP contribution in [0.3, 0.4) is 0 Å². The van der Waals surface area contributed by atoms with E-state index < -0.39 is 0 Å². The molecule has 1 heterocycles. The van der Waals surface area contributed by atoms with Crippen LogP contribution in [0.4, 0.5) is 0 Å². The number of hydrogen-bond donors (Lipinski definition) is 1. The molecule has 0 bridgehead atoms. The fourth-order valence-electron chi connectivity index (χ4n) is 2.28. The van der Waals surface area contributed by atoms with Crippen LogP contribution in [0.2, 0.25) is 5.02 Å². The summed E-state index contributed by atoms with van der Waals surface area (Å²) in [5.41, 5.74) is 1.02. The van der Waals surface area contributed by atoms with E-state index >= 15 is 0 Å². The topological polar surface area (TPSA) is 30.5 Å². The fourth-order valence-corrected chi connectivity index (χ4v) is 2.46. The molecule has 104 valence electrons. The molecule has 2 rings (SSSR count). The summed E-state index contributed by atoms with van der Waals surface area (Å²) in [6.45, 7) is 3.70. The summed E-state index contributed by atoms with van der Waals surface area (Å²) in [6, 6.07) is 5.67. The summed E-state index contributed by atoms with van der Waals surface area (Å²) in [4.78, 5) is 0. The molecule has 19 heavy (non-hydrogen) atoms. The van der Waals surface area contributed by atoms with Crippen LogP contribution in [0.15, 0.2) is 30.0 Å². The number of halogens is 1. The van der Waals surface area contributed by atoms with E-state index in [0.29, 0.717) is 5.02 Å². The van der Waals surface area contributed by atoms with Crippen molar-refractivity contribution >= 4 is 11.6 Å². The lowest BCUT2D eigenvalue weighted by molar-refractivity contribution is 0.167. The van der Waals surface area contributed by atoms with Crippen molar-refractivity contribution in [3.8, 4) is 5.75 Å². The second-order valence-electron chi connectivity index (χ2n) is 4.47. The van der Waals surface area contributed by atoms with Crippen molar-refractivity contribution in [2.24, 2.45) is 0 Å². The Kier molecular flexibility index (Phi) is 5.11. The lowest BCUT2D eigenvalue weighted by Gasteiger charge is -2.26. The zero-order valence-corrected chi connectivity index (χ0v) is 12.2. The molecule has 1 aromatic rings. The average molecular weight is 282 g/mol. The molecule has 3 nitrogen and oxygen atoms in total. The number of benzene rings is 1. The summed E-state index contributed by atoms with van der Waals surface area (Å²) in [6.07, 6.45) is 4.28. The van der Waals surface area contributed by atoms with Crippen LogP contribution in [0.1, 0.15) is 31.4 Å². The van der Waals surface area contributed by atoms with Gasteiger partial charge in [0, 0.05) is 10.6 Å². The van der Waals surface area contributed by atoms with E-state index in [9.17, 15) is 0 Å². The van der Waals surface area contributed by atoms with Gasteiger partial charge in [-0.1, -0.05) is 18.5 Å². The monoisotopic (exact) mass is 281 g/mol. The maximum absolute atomic E-state index is 6.11. The Hall–Kier alpha value is -1.19. The van der Waals surface area contributed by atoms with Crippen LogP contribution in [-0.2, 0) is 4.74 Å². The van der Waals surface area contributed by atoms with Crippen molar-refractivity contribution in [2.75, 3.05) is 20.3 Å². The molecule has 0 spiro atoms. The number of rotatable bonds is 5. The van der Waals surface area contributed by atoms with Crippen LogP contribution in [0.25, 0.3) is 0 Å². The SMILES string of the molecule is CCNC(C1=CCCCO1)c1cc(Cl)ccc1OC. The molecule has 0 aromatic heterocycles. The normalized spacial score (nSPS) is 16.5. The number of likely N-dealkylation sites (N-methyl/N-ethyl adjacent to an activating group) is 1. The molecule has 0 fully saturated rings. The van der Waals surface area contributed by atoms with E-state index in [4.69, 9.17) is 21.1 Å². The third kappa shape index (κ3) is 3.43. The number of methoxy groups -OCH3 is 1. The molecule has 1 aliphatic rings. The van der Waals surface area contributed by atoms with Gasteiger partial charge in [0.1, 0.15) is 11.5 Å². The molecule has 0 radical (unpaired) electrons. The number of ether oxygens (including phenoxy) is 2. The summed E-state index contributed by atoms with van der Waals surface area (Å²) >= 11 is 6.11. The second kappa shape index (κ2) is 6.83. The zero-order chi connectivity index (χ0) is 13.7. The standard InChI is InChI=1S/C15H20ClNO2/c1-3-17-15(14-6-4-5-9-19-14)12-10-11(16)7-8-13(12)18-2/h6-8,10,15,17H,3-5,9H2,1-2H3. The largest absolute Gasteiger partial charge is 0.496 e. The Balaban J connectivity index is 2.37. The smallest absolute Gasteiger partial charge is 0.124 e. The minimum Gasteiger partial charge on any atom is -0.496 e. The highest BCUT2D eigenvalue weighted by Crippen LogP contribution is 2.34. The van der Waals surface area contributed by atoms with Gasteiger partial charge in [0.25, 0.3) is 0 Å². The predicted octanol–water partition coefficient (Wildman–Crippen LogP) is 3.69. The lowest BCUT2D eigenvalue weighted by Crippen LogP contribution is -2.25. The Morgan fingerprint density at radius 3 is 2.95 bits per heavy atom. The van der Waals surface area contributed by atoms with Crippen molar-refractivity contribution in [1.82, 2.24) is 5.32 Å². The molecular formula is C15H20ClNO2. The number of hydrogen-bond acceptors (Lipinski definition) is 3. The van der Waals surface area contributed by atoms with Crippen LogP contribution < -0.4 is 10.1 Å². The first-order valence-corrected chi connectivity index (χ1v) is 7.03. The number of allylic oxidation sites excluding steroid dienone is 1. The quantitative estimate of drug-likeness (QED) is 0.893. The first kappa shape index (κ1) is 14.2. The van der Waals surface area contributed by atoms with Crippen molar-refractivity contribution in [2.45, 2.75) is 25.8 Å². The zero-order valence-electron chi connectivity index (χ0n) is 11.4. The fraction of sp³-hybridized carbons (Fsp3) is 0.467. The number of nitrogens with one attached hydrogen (secondary N) is 1. The third-order valence-electron chi connectivity index (χ3n) is 3.16. The summed E-state index contributed by atoms with van der Waals surface area (Å²) in [7, 11) is 1.67. The van der Waals surface area contributed by atoms with Gasteiger partial charge in [-0.05, 0) is 43.7 Å². The van der Waals surface area contributed by atoms with Crippen LogP contribution in [0, 0.1) is 0 Å². The second-order valence-corrected chi connectivity index (χ2v) is 4.91. The van der Waals surface area contributed by atoms with E-state index in [1.165, 1.54) is 0 Å². The summed E-state index contributed by atoms with van der Waals surface area (Å²) < 4.78 is 11.2. The highest BCUT2D eigenvalue weighted by Gasteiger charge is 2.22. The van der Waals surface area contributed by atoms with Gasteiger partial charge in [0.15, 0.2) is 0 Å². The molecule has 0 amide bonds. The van der Waals surface area contributed by atoms with Gasteiger partial charge in [-0.2, -0.15) is 0 Å². The lowest BCUT2D eigenvalue weighted by atomic mass is 10.0. The maximum Gasteiger partial charge on any atom is 0.124 e. The van der Waals surface area contributed by atoms with Gasteiger partial charge in [0.2, 0.25) is 0 Å². The van der Waals surface area contributed by atoms with E-state index in [-0.39, 0.29) is 6.04 Å². The Bertz CT molecular complexity index is 459. The van der Waals surface area contributed by atoms with Crippen molar-refractivity contribution < 1.29 is 9.47 Å². The maximum atomic E-state index is 6.11. The van der Waals surface area contributed by atoms with Gasteiger partial charge in [0.05, 0.1) is 19.8 Å². The van der Waals surface area contributed by atoms with Gasteiger partial charge >= 0.3 is 0 Å². The van der Waals surface area contributed by atoms with E-state index in [1.807, 2.05) is 18.2 Å². The first-order chi connectivity index (χ1) is 9.26. The van der Waals surface area contributed by atoms with Crippen molar-refractivity contribution in [3.63, 3.8) is 0 Å². The Morgan fingerprint density at radius 1 is 1.47 bits per heavy atom. The van der Waals surface area contributed by atoms with Gasteiger partial charge in [-0.15, -0.1) is 0 Å². The Morgan fingerprint density at radius 2 is 2.32 bits per heavy atom. The molecule has 1 atom stereocenters. The summed E-state index contributed by atoms with van der Waals surface area (Å²) in [5.74, 6) is 1.79. The van der Waals surface area contributed by atoms with Gasteiger partial charge in [-0.25, -0.2) is 0 Å². The molecule has 1 aromatic carbocycles.